The topological polar surface area (TPSA) is 76.1 Å². The van der Waals surface area contributed by atoms with Gasteiger partial charge in [0.1, 0.15) is 24.7 Å². The van der Waals surface area contributed by atoms with E-state index in [0.29, 0.717) is 30.0 Å². The summed E-state index contributed by atoms with van der Waals surface area (Å²) < 4.78 is 10.6. The summed E-state index contributed by atoms with van der Waals surface area (Å²) in [6.45, 7) is 5.70. The summed E-state index contributed by atoms with van der Waals surface area (Å²) in [5.74, 6) is -0.540. The minimum absolute atomic E-state index is 0.236. The van der Waals surface area contributed by atoms with Gasteiger partial charge in [-0.15, -0.1) is 0 Å². The van der Waals surface area contributed by atoms with Crippen molar-refractivity contribution >= 4 is 11.9 Å². The standard InChI is InChI=1S/C16H21NO5/c1-4-8-17(11-15(18)19)16(20)13-7-6-12(21-3)10-14(13)22-9-5-2/h5-7,10H,2,4,8-9,11H2,1,3H3,(H,18,19). The van der Waals surface area contributed by atoms with Crippen LogP contribution in [-0.4, -0.2) is 48.7 Å². The Kier molecular flexibility index (Phi) is 6.95. The SMILES string of the molecule is C=CCOc1cc(OC)ccc1C(=O)N(CCC)CC(=O)O. The van der Waals surface area contributed by atoms with Crippen LogP contribution in [0.5, 0.6) is 11.5 Å². The molecule has 1 N–H and O–H groups in total. The van der Waals surface area contributed by atoms with Gasteiger partial charge in [0, 0.05) is 12.6 Å². The van der Waals surface area contributed by atoms with E-state index in [9.17, 15) is 9.59 Å². The lowest BCUT2D eigenvalue weighted by molar-refractivity contribution is -0.137. The summed E-state index contributed by atoms with van der Waals surface area (Å²) in [6, 6.07) is 4.81. The molecule has 6 heteroatoms. The lowest BCUT2D eigenvalue weighted by atomic mass is 10.1. The highest BCUT2D eigenvalue weighted by atomic mass is 16.5. The summed E-state index contributed by atoms with van der Waals surface area (Å²) >= 11 is 0. The van der Waals surface area contributed by atoms with Crippen molar-refractivity contribution in [1.82, 2.24) is 4.90 Å². The number of nitrogens with zero attached hydrogens (tertiary/aromatic N) is 1. The van der Waals surface area contributed by atoms with Crippen molar-refractivity contribution in [3.05, 3.63) is 36.4 Å². The second-order valence-corrected chi connectivity index (χ2v) is 4.58. The Balaban J connectivity index is 3.11. The maximum absolute atomic E-state index is 12.6. The second-order valence-electron chi connectivity index (χ2n) is 4.58. The van der Waals surface area contributed by atoms with E-state index in [4.69, 9.17) is 14.6 Å². The van der Waals surface area contributed by atoms with E-state index >= 15 is 0 Å². The number of ether oxygens (including phenoxy) is 2. The Morgan fingerprint density at radius 2 is 2.14 bits per heavy atom. The molecule has 0 bridgehead atoms. The number of carboxylic acid groups (broad SMARTS) is 1. The average molecular weight is 307 g/mol. The number of amides is 1. The molecule has 0 heterocycles. The molecule has 1 amide bonds. The Morgan fingerprint density at radius 3 is 2.68 bits per heavy atom. The van der Waals surface area contributed by atoms with E-state index in [2.05, 4.69) is 6.58 Å². The Morgan fingerprint density at radius 1 is 1.41 bits per heavy atom. The van der Waals surface area contributed by atoms with Gasteiger partial charge < -0.3 is 19.5 Å². The molecular formula is C16H21NO5. The highest BCUT2D eigenvalue weighted by Gasteiger charge is 2.21. The molecule has 0 spiro atoms. The van der Waals surface area contributed by atoms with Crippen molar-refractivity contribution in [2.24, 2.45) is 0 Å². The molecule has 1 aromatic rings. The van der Waals surface area contributed by atoms with E-state index in [1.165, 1.54) is 12.0 Å². The van der Waals surface area contributed by atoms with Gasteiger partial charge in [-0.3, -0.25) is 9.59 Å². The van der Waals surface area contributed by atoms with Crippen LogP contribution in [0.4, 0.5) is 0 Å². The molecule has 0 saturated heterocycles. The van der Waals surface area contributed by atoms with E-state index < -0.39 is 5.97 Å². The molecule has 120 valence electrons. The fourth-order valence-corrected chi connectivity index (χ4v) is 1.93. The summed E-state index contributed by atoms with van der Waals surface area (Å²) in [5.41, 5.74) is 0.303. The molecule has 22 heavy (non-hydrogen) atoms. The monoisotopic (exact) mass is 307 g/mol. The number of aliphatic carboxylic acids is 1. The maximum Gasteiger partial charge on any atom is 0.323 e. The molecule has 1 rings (SSSR count). The van der Waals surface area contributed by atoms with Crippen LogP contribution >= 0.6 is 0 Å². The number of carboxylic acids is 1. The van der Waals surface area contributed by atoms with Crippen LogP contribution < -0.4 is 9.47 Å². The Labute approximate surface area is 129 Å². The predicted octanol–water partition coefficient (Wildman–Crippen LogP) is 2.20. The third-order valence-corrected chi connectivity index (χ3v) is 2.88. The minimum Gasteiger partial charge on any atom is -0.497 e. The molecule has 0 aromatic heterocycles. The van der Waals surface area contributed by atoms with Gasteiger partial charge in [0.25, 0.3) is 5.91 Å². The normalized spacial score (nSPS) is 9.91. The number of carbonyl (C=O) groups excluding carboxylic acids is 1. The fraction of sp³-hybridized carbons (Fsp3) is 0.375. The first-order chi connectivity index (χ1) is 10.5. The first kappa shape index (κ1) is 17.6. The van der Waals surface area contributed by atoms with Gasteiger partial charge in [0.2, 0.25) is 0 Å². The van der Waals surface area contributed by atoms with Crippen molar-refractivity contribution in [3.8, 4) is 11.5 Å². The highest BCUT2D eigenvalue weighted by Crippen LogP contribution is 2.26. The number of benzene rings is 1. The lowest BCUT2D eigenvalue weighted by Gasteiger charge is -2.21. The summed E-state index contributed by atoms with van der Waals surface area (Å²) in [7, 11) is 1.52. The Bertz CT molecular complexity index is 541. The van der Waals surface area contributed by atoms with Gasteiger partial charge >= 0.3 is 5.97 Å². The zero-order valence-electron chi connectivity index (χ0n) is 12.9. The van der Waals surface area contributed by atoms with E-state index in [1.807, 2.05) is 6.92 Å². The van der Waals surface area contributed by atoms with Gasteiger partial charge in [-0.05, 0) is 18.6 Å². The molecule has 1 aromatic carbocycles. The summed E-state index contributed by atoms with van der Waals surface area (Å²) in [4.78, 5) is 24.8. The highest BCUT2D eigenvalue weighted by molar-refractivity contribution is 5.98. The molecule has 0 saturated carbocycles. The van der Waals surface area contributed by atoms with Crippen LogP contribution in [0.2, 0.25) is 0 Å². The van der Waals surface area contributed by atoms with Gasteiger partial charge in [0.05, 0.1) is 12.7 Å². The summed E-state index contributed by atoms with van der Waals surface area (Å²) in [6.07, 6.45) is 2.23. The zero-order valence-corrected chi connectivity index (χ0v) is 12.9. The van der Waals surface area contributed by atoms with Gasteiger partial charge in [0.15, 0.2) is 0 Å². The molecule has 0 radical (unpaired) electrons. The molecule has 0 atom stereocenters. The smallest absolute Gasteiger partial charge is 0.323 e. The quantitative estimate of drug-likeness (QED) is 0.708. The van der Waals surface area contributed by atoms with Crippen molar-refractivity contribution in [2.75, 3.05) is 26.8 Å². The Hall–Kier alpha value is -2.50. The fourth-order valence-electron chi connectivity index (χ4n) is 1.93. The molecular weight excluding hydrogens is 286 g/mol. The number of hydrogen-bond donors (Lipinski definition) is 1. The molecule has 0 unspecified atom stereocenters. The zero-order chi connectivity index (χ0) is 16.5. The van der Waals surface area contributed by atoms with Crippen molar-refractivity contribution in [2.45, 2.75) is 13.3 Å². The molecule has 0 aliphatic carbocycles. The predicted molar refractivity (Wildman–Crippen MR) is 82.5 cm³/mol. The molecule has 0 aliphatic heterocycles. The van der Waals surface area contributed by atoms with Crippen LogP contribution in [0, 0.1) is 0 Å². The number of hydrogen-bond acceptors (Lipinski definition) is 4. The molecule has 6 nitrogen and oxygen atoms in total. The van der Waals surface area contributed by atoms with E-state index in [-0.39, 0.29) is 19.1 Å². The number of carbonyl (C=O) groups is 2. The van der Waals surface area contributed by atoms with Gasteiger partial charge in [-0.1, -0.05) is 19.6 Å². The van der Waals surface area contributed by atoms with Gasteiger partial charge in [-0.25, -0.2) is 0 Å². The van der Waals surface area contributed by atoms with Crippen LogP contribution in [0.25, 0.3) is 0 Å². The molecule has 0 fully saturated rings. The first-order valence-corrected chi connectivity index (χ1v) is 6.96. The van der Waals surface area contributed by atoms with Crippen LogP contribution in [0.1, 0.15) is 23.7 Å². The van der Waals surface area contributed by atoms with Crippen molar-refractivity contribution in [3.63, 3.8) is 0 Å². The lowest BCUT2D eigenvalue weighted by Crippen LogP contribution is -2.36. The van der Waals surface area contributed by atoms with E-state index in [0.717, 1.165) is 0 Å². The van der Waals surface area contributed by atoms with Crippen molar-refractivity contribution in [1.29, 1.82) is 0 Å². The largest absolute Gasteiger partial charge is 0.497 e. The van der Waals surface area contributed by atoms with Crippen molar-refractivity contribution < 1.29 is 24.2 Å². The van der Waals surface area contributed by atoms with Gasteiger partial charge in [-0.2, -0.15) is 0 Å². The summed E-state index contributed by atoms with van der Waals surface area (Å²) in [5, 5.41) is 8.94. The van der Waals surface area contributed by atoms with Crippen LogP contribution in [0.15, 0.2) is 30.9 Å². The van der Waals surface area contributed by atoms with Crippen LogP contribution in [-0.2, 0) is 4.79 Å². The average Bonchev–Trinajstić information content (AvgIpc) is 2.51. The first-order valence-electron chi connectivity index (χ1n) is 6.96. The third kappa shape index (κ3) is 4.80. The number of rotatable bonds is 9. The molecule has 0 aliphatic rings. The van der Waals surface area contributed by atoms with E-state index in [1.54, 1.807) is 24.3 Å². The number of methoxy groups -OCH3 is 1. The second kappa shape index (κ2) is 8.71. The van der Waals surface area contributed by atoms with Crippen LogP contribution in [0.3, 0.4) is 0 Å². The minimum atomic E-state index is -1.05. The maximum atomic E-state index is 12.6. The third-order valence-electron chi connectivity index (χ3n) is 2.88.